The third kappa shape index (κ3) is 3.57. The third-order valence-corrected chi connectivity index (χ3v) is 2.88. The summed E-state index contributed by atoms with van der Waals surface area (Å²) < 4.78 is 5.08. The molecule has 18 heavy (non-hydrogen) atoms. The highest BCUT2D eigenvalue weighted by Crippen LogP contribution is 2.29. The minimum atomic E-state index is 0.383. The molecule has 0 saturated carbocycles. The van der Waals surface area contributed by atoms with Crippen molar-refractivity contribution in [1.82, 2.24) is 9.97 Å². The molecule has 0 aliphatic heterocycles. The van der Waals surface area contributed by atoms with Crippen molar-refractivity contribution in [3.63, 3.8) is 0 Å². The van der Waals surface area contributed by atoms with Crippen LogP contribution in [0.5, 0.6) is 0 Å². The fourth-order valence-electron chi connectivity index (χ4n) is 1.97. The van der Waals surface area contributed by atoms with Crippen molar-refractivity contribution in [3.05, 3.63) is 11.9 Å². The molecule has 0 atom stereocenters. The lowest BCUT2D eigenvalue weighted by molar-refractivity contribution is 0.196. The number of ether oxygens (including phenoxy) is 1. The molecule has 5 heteroatoms. The van der Waals surface area contributed by atoms with E-state index in [0.717, 1.165) is 31.2 Å². The number of methoxy groups -OCH3 is 1. The van der Waals surface area contributed by atoms with Crippen molar-refractivity contribution >= 4 is 11.6 Å². The van der Waals surface area contributed by atoms with E-state index in [2.05, 4.69) is 41.1 Å². The molecule has 1 heterocycles. The molecule has 0 aliphatic carbocycles. The molecule has 0 saturated heterocycles. The van der Waals surface area contributed by atoms with E-state index in [1.165, 1.54) is 5.56 Å². The van der Waals surface area contributed by atoms with E-state index in [4.69, 9.17) is 4.74 Å². The van der Waals surface area contributed by atoms with Gasteiger partial charge in [-0.1, -0.05) is 13.8 Å². The third-order valence-electron chi connectivity index (χ3n) is 2.88. The Bertz CT molecular complexity index is 368. The van der Waals surface area contributed by atoms with Gasteiger partial charge in [0.05, 0.1) is 0 Å². The minimum Gasteiger partial charge on any atom is -0.385 e. The van der Waals surface area contributed by atoms with Crippen LogP contribution in [0.3, 0.4) is 0 Å². The summed E-state index contributed by atoms with van der Waals surface area (Å²) in [5.41, 5.74) is 1.17. The van der Waals surface area contributed by atoms with Gasteiger partial charge in [-0.05, 0) is 12.3 Å². The van der Waals surface area contributed by atoms with Gasteiger partial charge in [0, 0.05) is 39.9 Å². The van der Waals surface area contributed by atoms with Gasteiger partial charge in [-0.25, -0.2) is 9.97 Å². The molecule has 0 aromatic carbocycles. The Morgan fingerprint density at radius 2 is 2.11 bits per heavy atom. The normalized spacial score (nSPS) is 10.8. The van der Waals surface area contributed by atoms with Crippen LogP contribution in [0.25, 0.3) is 0 Å². The summed E-state index contributed by atoms with van der Waals surface area (Å²) in [4.78, 5) is 10.9. The molecular formula is C13H24N4O. The maximum absolute atomic E-state index is 5.08. The van der Waals surface area contributed by atoms with E-state index in [1.54, 1.807) is 13.4 Å². The van der Waals surface area contributed by atoms with Crippen LogP contribution in [0.15, 0.2) is 6.33 Å². The monoisotopic (exact) mass is 252 g/mol. The molecule has 1 N–H and O–H groups in total. The quantitative estimate of drug-likeness (QED) is 0.753. The van der Waals surface area contributed by atoms with Crippen LogP contribution >= 0.6 is 0 Å². The first-order chi connectivity index (χ1) is 8.61. The molecule has 102 valence electrons. The first-order valence-electron chi connectivity index (χ1n) is 6.34. The fourth-order valence-corrected chi connectivity index (χ4v) is 1.97. The van der Waals surface area contributed by atoms with E-state index < -0.39 is 0 Å². The van der Waals surface area contributed by atoms with Gasteiger partial charge in [0.1, 0.15) is 18.0 Å². The lowest BCUT2D eigenvalue weighted by Gasteiger charge is -2.23. The van der Waals surface area contributed by atoms with Crippen LogP contribution in [0.2, 0.25) is 0 Å². The highest BCUT2D eigenvalue weighted by Gasteiger charge is 2.16. The molecule has 0 fully saturated rings. The first-order valence-corrected chi connectivity index (χ1v) is 6.34. The summed E-state index contributed by atoms with van der Waals surface area (Å²) >= 11 is 0. The van der Waals surface area contributed by atoms with Crippen molar-refractivity contribution in [2.45, 2.75) is 26.2 Å². The molecule has 1 aromatic rings. The number of aromatic nitrogens is 2. The Morgan fingerprint density at radius 1 is 1.39 bits per heavy atom. The van der Waals surface area contributed by atoms with Gasteiger partial charge < -0.3 is 15.0 Å². The lowest BCUT2D eigenvalue weighted by atomic mass is 10.0. The van der Waals surface area contributed by atoms with Gasteiger partial charge in [-0.15, -0.1) is 0 Å². The predicted molar refractivity (Wildman–Crippen MR) is 75.4 cm³/mol. The summed E-state index contributed by atoms with van der Waals surface area (Å²) in [7, 11) is 5.68. The largest absolute Gasteiger partial charge is 0.385 e. The molecule has 0 bridgehead atoms. The van der Waals surface area contributed by atoms with Crippen molar-refractivity contribution in [2.75, 3.05) is 44.6 Å². The maximum atomic E-state index is 5.08. The van der Waals surface area contributed by atoms with E-state index in [9.17, 15) is 0 Å². The van der Waals surface area contributed by atoms with Crippen LogP contribution < -0.4 is 10.2 Å². The molecule has 0 aliphatic rings. The molecule has 1 rings (SSSR count). The Morgan fingerprint density at radius 3 is 2.67 bits per heavy atom. The average Bonchev–Trinajstić information content (AvgIpc) is 2.37. The highest BCUT2D eigenvalue weighted by molar-refractivity contribution is 5.59. The van der Waals surface area contributed by atoms with Crippen molar-refractivity contribution in [3.8, 4) is 0 Å². The van der Waals surface area contributed by atoms with Gasteiger partial charge in [0.15, 0.2) is 0 Å². The Labute approximate surface area is 110 Å². The number of nitrogens with zero attached hydrogens (tertiary/aromatic N) is 3. The molecule has 0 unspecified atom stereocenters. The second kappa shape index (κ2) is 7.16. The van der Waals surface area contributed by atoms with Crippen molar-refractivity contribution in [2.24, 2.45) is 0 Å². The number of anilines is 2. The molecule has 1 aromatic heterocycles. The maximum Gasteiger partial charge on any atom is 0.137 e. The van der Waals surface area contributed by atoms with Gasteiger partial charge >= 0.3 is 0 Å². The fraction of sp³-hybridized carbons (Fsp3) is 0.692. The zero-order chi connectivity index (χ0) is 13.5. The summed E-state index contributed by atoms with van der Waals surface area (Å²) in [6, 6.07) is 0. The standard InChI is InChI=1S/C13H24N4O/c1-10(2)11-12(14-3)15-9-16-13(11)17(4)7-6-8-18-5/h9-10H,6-8H2,1-5H3,(H,14,15,16). The van der Waals surface area contributed by atoms with Crippen LogP contribution in [0.4, 0.5) is 11.6 Å². The van der Waals surface area contributed by atoms with Gasteiger partial charge in [-0.3, -0.25) is 0 Å². The van der Waals surface area contributed by atoms with Crippen LogP contribution in [0.1, 0.15) is 31.7 Å². The molecule has 0 spiro atoms. The van der Waals surface area contributed by atoms with E-state index in [-0.39, 0.29) is 0 Å². The van der Waals surface area contributed by atoms with Crippen LogP contribution in [0, 0.1) is 0 Å². The molecule has 5 nitrogen and oxygen atoms in total. The van der Waals surface area contributed by atoms with Crippen molar-refractivity contribution < 1.29 is 4.74 Å². The SMILES string of the molecule is CNc1ncnc(N(C)CCCOC)c1C(C)C. The first kappa shape index (κ1) is 14.7. The Balaban J connectivity index is 2.92. The number of nitrogens with one attached hydrogen (secondary N) is 1. The van der Waals surface area contributed by atoms with Crippen LogP contribution in [-0.4, -0.2) is 44.3 Å². The molecular weight excluding hydrogens is 228 g/mol. The smallest absolute Gasteiger partial charge is 0.137 e. The Kier molecular flexibility index (Phi) is 5.85. The number of hydrogen-bond donors (Lipinski definition) is 1. The summed E-state index contributed by atoms with van der Waals surface area (Å²) in [5, 5.41) is 3.14. The van der Waals surface area contributed by atoms with E-state index in [0.29, 0.717) is 5.92 Å². The number of rotatable bonds is 7. The average molecular weight is 252 g/mol. The summed E-state index contributed by atoms with van der Waals surface area (Å²) in [5.74, 6) is 2.29. The number of hydrogen-bond acceptors (Lipinski definition) is 5. The topological polar surface area (TPSA) is 50.3 Å². The predicted octanol–water partition coefficient (Wildman–Crippen LogP) is 2.11. The van der Waals surface area contributed by atoms with E-state index in [1.807, 2.05) is 7.05 Å². The summed E-state index contributed by atoms with van der Waals surface area (Å²) in [6.07, 6.45) is 2.60. The second-order valence-corrected chi connectivity index (χ2v) is 4.63. The zero-order valence-electron chi connectivity index (χ0n) is 12.0. The van der Waals surface area contributed by atoms with E-state index >= 15 is 0 Å². The van der Waals surface area contributed by atoms with Crippen molar-refractivity contribution in [1.29, 1.82) is 0 Å². The second-order valence-electron chi connectivity index (χ2n) is 4.63. The van der Waals surface area contributed by atoms with Gasteiger partial charge in [0.2, 0.25) is 0 Å². The van der Waals surface area contributed by atoms with Gasteiger partial charge in [0.25, 0.3) is 0 Å². The van der Waals surface area contributed by atoms with Crippen LogP contribution in [-0.2, 0) is 4.74 Å². The highest BCUT2D eigenvalue weighted by atomic mass is 16.5. The molecule has 0 radical (unpaired) electrons. The van der Waals surface area contributed by atoms with Gasteiger partial charge in [-0.2, -0.15) is 0 Å². The zero-order valence-corrected chi connectivity index (χ0v) is 12.0. The lowest BCUT2D eigenvalue weighted by Crippen LogP contribution is -2.23. The molecule has 0 amide bonds. The minimum absolute atomic E-state index is 0.383. The Hall–Kier alpha value is -1.36. The summed E-state index contributed by atoms with van der Waals surface area (Å²) in [6.45, 7) is 6.01.